The fourth-order valence-electron chi connectivity index (χ4n) is 3.19. The van der Waals surface area contributed by atoms with Gasteiger partial charge in [0, 0.05) is 24.6 Å². The zero-order chi connectivity index (χ0) is 19.5. The zero-order valence-electron chi connectivity index (χ0n) is 15.3. The van der Waals surface area contributed by atoms with E-state index in [4.69, 9.17) is 0 Å². The number of nitrogens with one attached hydrogen (secondary N) is 2. The number of nitrogens with zero attached hydrogens (tertiary/aromatic N) is 2. The Hall–Kier alpha value is -3.22. The first-order valence-corrected chi connectivity index (χ1v) is 9.37. The van der Waals surface area contributed by atoms with Gasteiger partial charge >= 0.3 is 0 Å². The van der Waals surface area contributed by atoms with Crippen molar-refractivity contribution in [2.24, 2.45) is 5.92 Å². The fraction of sp³-hybridized carbons (Fsp3) is 0.286. The number of anilines is 1. The lowest BCUT2D eigenvalue weighted by Crippen LogP contribution is -2.28. The van der Waals surface area contributed by atoms with Crippen molar-refractivity contribution in [1.29, 1.82) is 0 Å². The molecule has 144 valence electrons. The second-order valence-corrected chi connectivity index (χ2v) is 6.98. The standard InChI is InChI=1S/C21H21FN4O2/c22-15-4-3-5-16(12-15)24-20(27)13-26-18-7-2-1-6-17(18)25-19(26)10-11-23-21(28)14-8-9-14/h1-7,12,14H,8-11,13H2,(H,23,28)(H,24,27). The molecule has 1 saturated carbocycles. The van der Waals surface area contributed by atoms with Crippen LogP contribution in [-0.2, 0) is 22.6 Å². The molecule has 1 aliphatic carbocycles. The van der Waals surface area contributed by atoms with Crippen LogP contribution in [0.1, 0.15) is 18.7 Å². The molecule has 2 amide bonds. The Morgan fingerprint density at radius 3 is 2.75 bits per heavy atom. The fourth-order valence-corrected chi connectivity index (χ4v) is 3.19. The summed E-state index contributed by atoms with van der Waals surface area (Å²) in [5.41, 5.74) is 2.05. The van der Waals surface area contributed by atoms with Crippen molar-refractivity contribution in [3.05, 3.63) is 60.2 Å². The van der Waals surface area contributed by atoms with E-state index in [-0.39, 0.29) is 24.3 Å². The molecule has 0 spiro atoms. The van der Waals surface area contributed by atoms with E-state index in [9.17, 15) is 14.0 Å². The predicted octanol–water partition coefficient (Wildman–Crippen LogP) is 2.88. The van der Waals surface area contributed by atoms with Gasteiger partial charge in [-0.3, -0.25) is 9.59 Å². The molecule has 0 bridgehead atoms. The van der Waals surface area contributed by atoms with Gasteiger partial charge in [-0.15, -0.1) is 0 Å². The maximum atomic E-state index is 13.3. The van der Waals surface area contributed by atoms with Gasteiger partial charge in [0.05, 0.1) is 11.0 Å². The van der Waals surface area contributed by atoms with E-state index in [1.807, 2.05) is 28.8 Å². The van der Waals surface area contributed by atoms with Gasteiger partial charge < -0.3 is 15.2 Å². The van der Waals surface area contributed by atoms with Crippen LogP contribution in [-0.4, -0.2) is 27.9 Å². The SMILES string of the molecule is O=C(Cn1c(CCNC(=O)C2CC2)nc2ccccc21)Nc1cccc(F)c1. The monoisotopic (exact) mass is 380 g/mol. The molecule has 3 aromatic rings. The van der Waals surface area contributed by atoms with Crippen LogP contribution in [0, 0.1) is 11.7 Å². The Morgan fingerprint density at radius 1 is 1.14 bits per heavy atom. The molecular weight excluding hydrogens is 359 g/mol. The van der Waals surface area contributed by atoms with Crippen LogP contribution < -0.4 is 10.6 Å². The second-order valence-electron chi connectivity index (χ2n) is 6.98. The number of carbonyl (C=O) groups is 2. The van der Waals surface area contributed by atoms with E-state index < -0.39 is 5.82 Å². The number of benzene rings is 2. The van der Waals surface area contributed by atoms with Crippen LogP contribution in [0.15, 0.2) is 48.5 Å². The minimum absolute atomic E-state index is 0.0585. The molecule has 2 aromatic carbocycles. The smallest absolute Gasteiger partial charge is 0.244 e. The first-order valence-electron chi connectivity index (χ1n) is 9.37. The third kappa shape index (κ3) is 4.19. The van der Waals surface area contributed by atoms with Crippen LogP contribution in [0.4, 0.5) is 10.1 Å². The highest BCUT2D eigenvalue weighted by Gasteiger charge is 2.29. The molecular formula is C21H21FN4O2. The Morgan fingerprint density at radius 2 is 1.96 bits per heavy atom. The molecule has 0 radical (unpaired) electrons. The lowest BCUT2D eigenvalue weighted by atomic mass is 10.3. The molecule has 28 heavy (non-hydrogen) atoms. The molecule has 0 unspecified atom stereocenters. The Kier molecular flexibility index (Phi) is 5.06. The number of amides is 2. The Bertz CT molecular complexity index is 1030. The summed E-state index contributed by atoms with van der Waals surface area (Å²) < 4.78 is 15.2. The van der Waals surface area contributed by atoms with Crippen LogP contribution in [0.5, 0.6) is 0 Å². The van der Waals surface area contributed by atoms with Crippen molar-refractivity contribution in [3.8, 4) is 0 Å². The van der Waals surface area contributed by atoms with Crippen molar-refractivity contribution in [1.82, 2.24) is 14.9 Å². The number of halogens is 1. The summed E-state index contributed by atoms with van der Waals surface area (Å²) >= 11 is 0. The van der Waals surface area contributed by atoms with Gasteiger partial charge in [0.15, 0.2) is 0 Å². The summed E-state index contributed by atoms with van der Waals surface area (Å²) in [6, 6.07) is 13.4. The van der Waals surface area contributed by atoms with Crippen molar-refractivity contribution in [2.75, 3.05) is 11.9 Å². The molecule has 7 heteroatoms. The van der Waals surface area contributed by atoms with E-state index in [1.54, 1.807) is 12.1 Å². The summed E-state index contributed by atoms with van der Waals surface area (Å²) in [7, 11) is 0. The van der Waals surface area contributed by atoms with E-state index in [2.05, 4.69) is 15.6 Å². The number of imidazole rings is 1. The van der Waals surface area contributed by atoms with E-state index in [0.717, 1.165) is 29.7 Å². The van der Waals surface area contributed by atoms with Crippen molar-refractivity contribution in [3.63, 3.8) is 0 Å². The number of hydrogen-bond acceptors (Lipinski definition) is 3. The molecule has 1 aliphatic rings. The Labute approximate surface area is 161 Å². The molecule has 0 saturated heterocycles. The lowest BCUT2D eigenvalue weighted by molar-refractivity contribution is -0.122. The number of aromatic nitrogens is 2. The topological polar surface area (TPSA) is 76.0 Å². The van der Waals surface area contributed by atoms with E-state index in [1.165, 1.54) is 12.1 Å². The highest BCUT2D eigenvalue weighted by molar-refractivity contribution is 5.91. The zero-order valence-corrected chi connectivity index (χ0v) is 15.3. The van der Waals surface area contributed by atoms with Gasteiger partial charge in [-0.1, -0.05) is 18.2 Å². The predicted molar refractivity (Wildman–Crippen MR) is 104 cm³/mol. The minimum atomic E-state index is -0.405. The third-order valence-electron chi connectivity index (χ3n) is 4.74. The highest BCUT2D eigenvalue weighted by Crippen LogP contribution is 2.28. The normalized spacial score (nSPS) is 13.5. The van der Waals surface area contributed by atoms with Crippen LogP contribution in [0.25, 0.3) is 11.0 Å². The molecule has 0 atom stereocenters. The van der Waals surface area contributed by atoms with E-state index >= 15 is 0 Å². The molecule has 4 rings (SSSR count). The molecule has 0 aliphatic heterocycles. The van der Waals surface area contributed by atoms with Crippen molar-refractivity contribution < 1.29 is 14.0 Å². The average Bonchev–Trinajstić information content (AvgIpc) is 3.46. The summed E-state index contributed by atoms with van der Waals surface area (Å²) in [6.45, 7) is 0.535. The van der Waals surface area contributed by atoms with Gasteiger partial charge in [0.2, 0.25) is 11.8 Å². The summed E-state index contributed by atoms with van der Waals surface area (Å²) in [5.74, 6) is 0.309. The van der Waals surface area contributed by atoms with Crippen molar-refractivity contribution >= 4 is 28.5 Å². The van der Waals surface area contributed by atoms with Crippen molar-refractivity contribution in [2.45, 2.75) is 25.8 Å². The lowest BCUT2D eigenvalue weighted by Gasteiger charge is -2.11. The van der Waals surface area contributed by atoms with Gasteiger partial charge in [-0.05, 0) is 43.2 Å². The van der Waals surface area contributed by atoms with Crippen LogP contribution in [0.2, 0.25) is 0 Å². The molecule has 1 fully saturated rings. The number of carbonyl (C=O) groups excluding carboxylic acids is 2. The number of para-hydroxylation sites is 2. The quantitative estimate of drug-likeness (QED) is 0.662. The molecule has 1 aromatic heterocycles. The average molecular weight is 380 g/mol. The highest BCUT2D eigenvalue weighted by atomic mass is 19.1. The summed E-state index contributed by atoms with van der Waals surface area (Å²) in [6.07, 6.45) is 2.45. The molecule has 6 nitrogen and oxygen atoms in total. The maximum Gasteiger partial charge on any atom is 0.244 e. The van der Waals surface area contributed by atoms with Gasteiger partial charge in [-0.2, -0.15) is 0 Å². The van der Waals surface area contributed by atoms with Crippen LogP contribution >= 0.6 is 0 Å². The molecule has 2 N–H and O–H groups in total. The van der Waals surface area contributed by atoms with Gasteiger partial charge in [-0.25, -0.2) is 9.37 Å². The minimum Gasteiger partial charge on any atom is -0.355 e. The number of rotatable bonds is 7. The summed E-state index contributed by atoms with van der Waals surface area (Å²) in [5, 5.41) is 5.64. The van der Waals surface area contributed by atoms with Crippen LogP contribution in [0.3, 0.4) is 0 Å². The van der Waals surface area contributed by atoms with Gasteiger partial charge in [0.1, 0.15) is 18.2 Å². The number of hydrogen-bond donors (Lipinski definition) is 2. The molecule has 1 heterocycles. The first kappa shape index (κ1) is 18.2. The Balaban J connectivity index is 1.49. The maximum absolute atomic E-state index is 13.3. The largest absolute Gasteiger partial charge is 0.355 e. The third-order valence-corrected chi connectivity index (χ3v) is 4.74. The second kappa shape index (κ2) is 7.80. The van der Waals surface area contributed by atoms with Gasteiger partial charge in [0.25, 0.3) is 0 Å². The summed E-state index contributed by atoms with van der Waals surface area (Å²) in [4.78, 5) is 29.0. The first-order chi connectivity index (χ1) is 13.6. The van der Waals surface area contributed by atoms with E-state index in [0.29, 0.717) is 18.7 Å². The number of fused-ring (bicyclic) bond motifs is 1.